The van der Waals surface area contributed by atoms with E-state index in [-0.39, 0.29) is 6.61 Å². The molecule has 8 nitrogen and oxygen atoms in total. The average Bonchev–Trinajstić information content (AvgIpc) is 2.93. The summed E-state index contributed by atoms with van der Waals surface area (Å²) < 4.78 is 4.38. The van der Waals surface area contributed by atoms with Gasteiger partial charge in [0.15, 0.2) is 12.4 Å². The second-order valence-electron chi connectivity index (χ2n) is 4.12. The largest absolute Gasteiger partial charge is 0.467 e. The molecule has 0 aliphatic rings. The SMILES string of the molecule is COC(=O)CONC(=O)c1cccc(-c2n[nH]c(C)n2)c1. The Hall–Kier alpha value is -2.74. The fourth-order valence-corrected chi connectivity index (χ4v) is 1.55. The summed E-state index contributed by atoms with van der Waals surface area (Å²) in [5.74, 6) is 0.118. The number of hydrogen-bond donors (Lipinski definition) is 2. The van der Waals surface area contributed by atoms with E-state index in [2.05, 4.69) is 25.4 Å². The summed E-state index contributed by atoms with van der Waals surface area (Å²) >= 11 is 0. The van der Waals surface area contributed by atoms with Gasteiger partial charge >= 0.3 is 5.97 Å². The van der Waals surface area contributed by atoms with E-state index >= 15 is 0 Å². The number of benzene rings is 1. The van der Waals surface area contributed by atoms with Crippen molar-refractivity contribution in [3.8, 4) is 11.4 Å². The smallest absolute Gasteiger partial charge is 0.334 e. The molecule has 0 aliphatic heterocycles. The maximum absolute atomic E-state index is 11.9. The standard InChI is InChI=1S/C13H14N4O4/c1-8-14-12(16-15-8)9-4-3-5-10(6-9)13(19)17-21-7-11(18)20-2/h3-6H,7H2,1-2H3,(H,17,19)(H,14,15,16). The van der Waals surface area contributed by atoms with E-state index in [1.807, 2.05) is 0 Å². The predicted molar refractivity (Wildman–Crippen MR) is 72.0 cm³/mol. The Bertz CT molecular complexity index is 653. The monoisotopic (exact) mass is 290 g/mol. The van der Waals surface area contributed by atoms with Gasteiger partial charge in [0.25, 0.3) is 5.91 Å². The van der Waals surface area contributed by atoms with Crippen LogP contribution in [0.25, 0.3) is 11.4 Å². The molecule has 0 fully saturated rings. The highest BCUT2D eigenvalue weighted by atomic mass is 16.7. The van der Waals surface area contributed by atoms with Gasteiger partial charge in [-0.15, -0.1) is 0 Å². The van der Waals surface area contributed by atoms with Gasteiger partial charge in [0.2, 0.25) is 0 Å². The van der Waals surface area contributed by atoms with Crippen LogP contribution in [0.1, 0.15) is 16.2 Å². The quantitative estimate of drug-likeness (QED) is 0.617. The van der Waals surface area contributed by atoms with Gasteiger partial charge in [-0.25, -0.2) is 15.3 Å². The van der Waals surface area contributed by atoms with Crippen LogP contribution >= 0.6 is 0 Å². The lowest BCUT2D eigenvalue weighted by molar-refractivity contribution is -0.147. The Labute approximate surface area is 120 Å². The molecule has 1 aromatic heterocycles. The lowest BCUT2D eigenvalue weighted by atomic mass is 10.1. The number of hydrogen-bond acceptors (Lipinski definition) is 6. The summed E-state index contributed by atoms with van der Waals surface area (Å²) in [7, 11) is 1.23. The molecule has 0 atom stereocenters. The zero-order valence-electron chi connectivity index (χ0n) is 11.5. The molecule has 0 saturated carbocycles. The summed E-state index contributed by atoms with van der Waals surface area (Å²) in [6, 6.07) is 6.73. The van der Waals surface area contributed by atoms with Crippen LogP contribution in [0.5, 0.6) is 0 Å². The minimum absolute atomic E-state index is 0.359. The molecule has 110 valence electrons. The molecule has 21 heavy (non-hydrogen) atoms. The summed E-state index contributed by atoms with van der Waals surface area (Å²) in [5, 5.41) is 6.75. The number of hydroxylamine groups is 1. The Kier molecular flexibility index (Phi) is 4.62. The van der Waals surface area contributed by atoms with E-state index in [0.717, 1.165) is 0 Å². The van der Waals surface area contributed by atoms with Crippen molar-refractivity contribution in [3.05, 3.63) is 35.7 Å². The second kappa shape index (κ2) is 6.62. The van der Waals surface area contributed by atoms with Gasteiger partial charge < -0.3 is 4.74 Å². The first-order chi connectivity index (χ1) is 10.1. The van der Waals surface area contributed by atoms with Crippen molar-refractivity contribution in [3.63, 3.8) is 0 Å². The number of ether oxygens (including phenoxy) is 1. The van der Waals surface area contributed by atoms with E-state index in [9.17, 15) is 9.59 Å². The molecule has 0 aliphatic carbocycles. The molecule has 8 heteroatoms. The first kappa shape index (κ1) is 14.7. The average molecular weight is 290 g/mol. The Morgan fingerprint density at radius 1 is 1.38 bits per heavy atom. The third-order valence-electron chi connectivity index (χ3n) is 2.56. The first-order valence-electron chi connectivity index (χ1n) is 6.08. The first-order valence-corrected chi connectivity index (χ1v) is 6.08. The van der Waals surface area contributed by atoms with Crippen LogP contribution < -0.4 is 5.48 Å². The van der Waals surface area contributed by atoms with E-state index in [1.54, 1.807) is 31.2 Å². The summed E-state index contributed by atoms with van der Waals surface area (Å²) in [5.41, 5.74) is 3.22. The van der Waals surface area contributed by atoms with Crippen LogP contribution in [0.15, 0.2) is 24.3 Å². The summed E-state index contributed by atoms with van der Waals surface area (Å²) in [6.07, 6.45) is 0. The third kappa shape index (κ3) is 3.86. The number of carbonyl (C=O) groups is 2. The van der Waals surface area contributed by atoms with Gasteiger partial charge in [0, 0.05) is 11.1 Å². The molecular formula is C13H14N4O4. The minimum Gasteiger partial charge on any atom is -0.467 e. The molecule has 1 heterocycles. The van der Waals surface area contributed by atoms with E-state index in [4.69, 9.17) is 4.84 Å². The van der Waals surface area contributed by atoms with Crippen molar-refractivity contribution in [1.29, 1.82) is 0 Å². The molecular weight excluding hydrogens is 276 g/mol. The van der Waals surface area contributed by atoms with Crippen molar-refractivity contribution >= 4 is 11.9 Å². The van der Waals surface area contributed by atoms with Crippen molar-refractivity contribution in [2.24, 2.45) is 0 Å². The zero-order chi connectivity index (χ0) is 15.2. The Balaban J connectivity index is 2.03. The lowest BCUT2D eigenvalue weighted by Crippen LogP contribution is -2.27. The van der Waals surface area contributed by atoms with E-state index in [0.29, 0.717) is 22.8 Å². The number of rotatable bonds is 5. The molecule has 1 aromatic carbocycles. The highest BCUT2D eigenvalue weighted by molar-refractivity contribution is 5.94. The van der Waals surface area contributed by atoms with Crippen molar-refractivity contribution < 1.29 is 19.2 Å². The number of nitrogens with one attached hydrogen (secondary N) is 2. The number of esters is 1. The van der Waals surface area contributed by atoms with E-state index < -0.39 is 11.9 Å². The molecule has 1 amide bonds. The number of nitrogens with zero attached hydrogens (tertiary/aromatic N) is 2. The second-order valence-corrected chi connectivity index (χ2v) is 4.12. The van der Waals surface area contributed by atoms with Gasteiger partial charge in [-0.1, -0.05) is 12.1 Å². The van der Waals surface area contributed by atoms with Crippen LogP contribution in [0.3, 0.4) is 0 Å². The van der Waals surface area contributed by atoms with Gasteiger partial charge in [-0.05, 0) is 19.1 Å². The topological polar surface area (TPSA) is 106 Å². The van der Waals surface area contributed by atoms with Gasteiger partial charge in [0.05, 0.1) is 7.11 Å². The van der Waals surface area contributed by atoms with Crippen molar-refractivity contribution in [2.45, 2.75) is 6.92 Å². The molecule has 2 N–H and O–H groups in total. The summed E-state index contributed by atoms with van der Waals surface area (Å²) in [6.45, 7) is 1.43. The number of aromatic nitrogens is 3. The minimum atomic E-state index is -0.583. The van der Waals surface area contributed by atoms with E-state index in [1.165, 1.54) is 7.11 Å². The number of aryl methyl sites for hydroxylation is 1. The van der Waals surface area contributed by atoms with Gasteiger partial charge in [-0.3, -0.25) is 14.7 Å². The predicted octanol–water partition coefficient (Wildman–Crippen LogP) is 0.615. The molecule has 0 spiro atoms. The highest BCUT2D eigenvalue weighted by Crippen LogP contribution is 2.16. The Morgan fingerprint density at radius 2 is 2.19 bits per heavy atom. The summed E-state index contributed by atoms with van der Waals surface area (Å²) in [4.78, 5) is 31.6. The maximum Gasteiger partial charge on any atom is 0.334 e. The molecule has 0 bridgehead atoms. The van der Waals surface area contributed by atoms with Gasteiger partial charge in [-0.2, -0.15) is 5.10 Å². The zero-order valence-corrected chi connectivity index (χ0v) is 11.5. The van der Waals surface area contributed by atoms with Crippen LogP contribution in [0.4, 0.5) is 0 Å². The van der Waals surface area contributed by atoms with Crippen LogP contribution in [-0.4, -0.2) is 40.8 Å². The van der Waals surface area contributed by atoms with Crippen LogP contribution in [0, 0.1) is 6.92 Å². The number of aromatic amines is 1. The van der Waals surface area contributed by atoms with Gasteiger partial charge in [0.1, 0.15) is 5.82 Å². The molecule has 0 saturated heterocycles. The molecule has 2 aromatic rings. The maximum atomic E-state index is 11.9. The van der Waals surface area contributed by atoms with Crippen molar-refractivity contribution in [1.82, 2.24) is 20.7 Å². The van der Waals surface area contributed by atoms with Crippen LogP contribution in [0.2, 0.25) is 0 Å². The normalized spacial score (nSPS) is 10.2. The fraction of sp³-hybridized carbons (Fsp3) is 0.231. The molecule has 0 unspecified atom stereocenters. The number of carbonyl (C=O) groups excluding carboxylic acids is 2. The Morgan fingerprint density at radius 3 is 2.86 bits per heavy atom. The third-order valence-corrected chi connectivity index (χ3v) is 2.56. The highest BCUT2D eigenvalue weighted by Gasteiger charge is 2.10. The van der Waals surface area contributed by atoms with Crippen LogP contribution in [-0.2, 0) is 14.4 Å². The molecule has 2 rings (SSSR count). The number of methoxy groups -OCH3 is 1. The number of H-pyrrole nitrogens is 1. The molecule has 0 radical (unpaired) electrons. The lowest BCUT2D eigenvalue weighted by Gasteiger charge is -2.05. The number of amides is 1. The van der Waals surface area contributed by atoms with Crippen molar-refractivity contribution in [2.75, 3.05) is 13.7 Å². The fourth-order valence-electron chi connectivity index (χ4n) is 1.55.